The molecule has 2 fully saturated rings. The molecule has 0 atom stereocenters. The summed E-state index contributed by atoms with van der Waals surface area (Å²) in [6.07, 6.45) is 0. The zero-order valence-corrected chi connectivity index (χ0v) is 4.14. The Labute approximate surface area is 42.5 Å². The first-order valence-electron chi connectivity index (χ1n) is 2.15. The minimum atomic E-state index is 0. The third-order valence-electron chi connectivity index (χ3n) is 0.408. The van der Waals surface area contributed by atoms with E-state index >= 15 is 0 Å². The molecule has 0 aromatic heterocycles. The summed E-state index contributed by atoms with van der Waals surface area (Å²) in [5.74, 6) is 0. The highest BCUT2D eigenvalue weighted by atomic mass is 16.6. The highest BCUT2D eigenvalue weighted by Crippen LogP contribution is 1.85. The molecule has 0 aliphatic carbocycles. The van der Waals surface area contributed by atoms with Crippen molar-refractivity contribution in [1.82, 2.24) is 0 Å². The highest BCUT2D eigenvalue weighted by Gasteiger charge is 1.94. The fourth-order valence-corrected chi connectivity index (χ4v) is 0. The minimum absolute atomic E-state index is 0. The molecule has 0 amide bonds. The van der Waals surface area contributed by atoms with Crippen LogP contribution in [0.3, 0.4) is 0 Å². The average molecular weight is 106 g/mol. The minimum Gasteiger partial charge on any atom is -0.412 e. The van der Waals surface area contributed by atoms with Gasteiger partial charge < -0.3 is 14.9 Å². The molecule has 2 rings (SSSR count). The van der Waals surface area contributed by atoms with Gasteiger partial charge in [0.15, 0.2) is 0 Å². The van der Waals surface area contributed by atoms with Crippen LogP contribution in [-0.2, 0) is 9.47 Å². The molecule has 7 heavy (non-hydrogen) atoms. The second-order valence-electron chi connectivity index (χ2n) is 1.22. The first-order valence-corrected chi connectivity index (χ1v) is 2.15. The van der Waals surface area contributed by atoms with Gasteiger partial charge in [-0.1, -0.05) is 0 Å². The predicted octanol–water partition coefficient (Wildman–Crippen LogP) is -0.792. The van der Waals surface area contributed by atoms with Crippen molar-refractivity contribution in [2.24, 2.45) is 0 Å². The fourth-order valence-electron chi connectivity index (χ4n) is 0. The van der Waals surface area contributed by atoms with Gasteiger partial charge in [0.25, 0.3) is 0 Å². The van der Waals surface area contributed by atoms with Crippen LogP contribution in [-0.4, -0.2) is 31.9 Å². The Kier molecular flexibility index (Phi) is 3.98. The Morgan fingerprint density at radius 3 is 0.857 bits per heavy atom. The lowest BCUT2D eigenvalue weighted by Crippen LogP contribution is -1.20. The van der Waals surface area contributed by atoms with Crippen molar-refractivity contribution in [2.45, 2.75) is 0 Å². The molecule has 3 heteroatoms. The summed E-state index contributed by atoms with van der Waals surface area (Å²) in [6, 6.07) is 0. The Morgan fingerprint density at radius 2 is 0.857 bits per heavy atom. The van der Waals surface area contributed by atoms with E-state index in [1.54, 1.807) is 0 Å². The molecule has 2 aliphatic heterocycles. The zero-order chi connectivity index (χ0) is 4.24. The lowest BCUT2D eigenvalue weighted by molar-refractivity contribution is 0.475. The van der Waals surface area contributed by atoms with Crippen LogP contribution in [0.2, 0.25) is 0 Å². The molecule has 2 heterocycles. The standard InChI is InChI=1S/2C2H4O.H2O/c2*1-2-3-1;/h2*1-2H2;1H2. The van der Waals surface area contributed by atoms with Gasteiger partial charge in [0, 0.05) is 0 Å². The topological polar surface area (TPSA) is 56.6 Å². The molecule has 0 bridgehead atoms. The highest BCUT2D eigenvalue weighted by molar-refractivity contribution is 4.37. The average Bonchev–Trinajstić information content (AvgIpc) is 2.31. The molecule has 0 aromatic carbocycles. The maximum absolute atomic E-state index is 4.50. The second kappa shape index (κ2) is 4.05. The Bertz CT molecular complexity index is 22.4. The van der Waals surface area contributed by atoms with E-state index in [-0.39, 0.29) is 5.48 Å². The number of ether oxygens (including phenoxy) is 2. The third kappa shape index (κ3) is 25.0. The monoisotopic (exact) mass is 106 g/mol. The summed E-state index contributed by atoms with van der Waals surface area (Å²) in [7, 11) is 0. The van der Waals surface area contributed by atoms with Crippen molar-refractivity contribution in [3.05, 3.63) is 0 Å². The lowest BCUT2D eigenvalue weighted by Gasteiger charge is -1.24. The van der Waals surface area contributed by atoms with Crippen LogP contribution in [0.4, 0.5) is 0 Å². The molecule has 0 spiro atoms. The van der Waals surface area contributed by atoms with Crippen LogP contribution in [0.5, 0.6) is 0 Å². The summed E-state index contributed by atoms with van der Waals surface area (Å²) in [5, 5.41) is 0. The van der Waals surface area contributed by atoms with Crippen molar-refractivity contribution >= 4 is 0 Å². The molecule has 44 valence electrons. The van der Waals surface area contributed by atoms with Crippen LogP contribution >= 0.6 is 0 Å². The Balaban J connectivity index is 0.0000000900. The first-order chi connectivity index (χ1) is 3.00. The summed E-state index contributed by atoms with van der Waals surface area (Å²) < 4.78 is 9.00. The Morgan fingerprint density at radius 1 is 0.714 bits per heavy atom. The van der Waals surface area contributed by atoms with Crippen molar-refractivity contribution in [3.8, 4) is 0 Å². The van der Waals surface area contributed by atoms with Crippen LogP contribution in [0.15, 0.2) is 0 Å². The first kappa shape index (κ1) is 6.88. The molecule has 2 saturated heterocycles. The molecule has 0 aromatic rings. The van der Waals surface area contributed by atoms with E-state index < -0.39 is 0 Å². The Hall–Kier alpha value is -0.120. The maximum Gasteiger partial charge on any atom is 0.0701 e. The van der Waals surface area contributed by atoms with Crippen molar-refractivity contribution in [3.63, 3.8) is 0 Å². The molecule has 2 aliphatic rings. The van der Waals surface area contributed by atoms with E-state index in [1.807, 2.05) is 0 Å². The molecule has 0 unspecified atom stereocenters. The smallest absolute Gasteiger partial charge is 0.0701 e. The maximum atomic E-state index is 4.50. The molecule has 3 nitrogen and oxygen atoms in total. The fraction of sp³-hybridized carbons (Fsp3) is 1.00. The quantitative estimate of drug-likeness (QED) is 0.380. The van der Waals surface area contributed by atoms with Gasteiger partial charge in [-0.3, -0.25) is 0 Å². The second-order valence-corrected chi connectivity index (χ2v) is 1.22. The van der Waals surface area contributed by atoms with Crippen molar-refractivity contribution in [1.29, 1.82) is 0 Å². The summed E-state index contributed by atoms with van der Waals surface area (Å²) in [4.78, 5) is 0. The summed E-state index contributed by atoms with van der Waals surface area (Å²) in [6.45, 7) is 4.00. The molecule has 0 saturated carbocycles. The van der Waals surface area contributed by atoms with Crippen molar-refractivity contribution in [2.75, 3.05) is 26.4 Å². The van der Waals surface area contributed by atoms with Crippen molar-refractivity contribution < 1.29 is 14.9 Å². The van der Waals surface area contributed by atoms with Crippen LogP contribution < -0.4 is 0 Å². The lowest BCUT2D eigenvalue weighted by atomic mass is 11.0. The number of epoxide rings is 2. The number of rotatable bonds is 0. The van der Waals surface area contributed by atoms with Gasteiger partial charge in [-0.25, -0.2) is 0 Å². The van der Waals surface area contributed by atoms with Crippen LogP contribution in [0.25, 0.3) is 0 Å². The van der Waals surface area contributed by atoms with Gasteiger partial charge in [-0.2, -0.15) is 0 Å². The van der Waals surface area contributed by atoms with E-state index in [1.165, 1.54) is 0 Å². The van der Waals surface area contributed by atoms with Gasteiger partial charge in [0.2, 0.25) is 0 Å². The van der Waals surface area contributed by atoms with E-state index in [0.717, 1.165) is 26.4 Å². The SMILES string of the molecule is C1CO1.C1CO1.O. The zero-order valence-electron chi connectivity index (χ0n) is 4.14. The molecule has 0 radical (unpaired) electrons. The molecule has 2 N–H and O–H groups in total. The normalized spacial score (nSPS) is 20.6. The largest absolute Gasteiger partial charge is 0.412 e. The molecular weight excluding hydrogens is 96.0 g/mol. The molecular formula is C4H10O3. The van der Waals surface area contributed by atoms with Gasteiger partial charge in [-0.15, -0.1) is 0 Å². The van der Waals surface area contributed by atoms with Gasteiger partial charge >= 0.3 is 0 Å². The van der Waals surface area contributed by atoms with Gasteiger partial charge in [0.1, 0.15) is 0 Å². The van der Waals surface area contributed by atoms with E-state index in [2.05, 4.69) is 9.47 Å². The number of hydrogen-bond donors (Lipinski definition) is 0. The van der Waals surface area contributed by atoms with Gasteiger partial charge in [-0.05, 0) is 0 Å². The number of hydrogen-bond acceptors (Lipinski definition) is 2. The third-order valence-corrected chi connectivity index (χ3v) is 0.408. The summed E-state index contributed by atoms with van der Waals surface area (Å²) >= 11 is 0. The van der Waals surface area contributed by atoms with Crippen LogP contribution in [0, 0.1) is 0 Å². The predicted molar refractivity (Wildman–Crippen MR) is 25.3 cm³/mol. The van der Waals surface area contributed by atoms with E-state index in [4.69, 9.17) is 0 Å². The van der Waals surface area contributed by atoms with E-state index in [9.17, 15) is 0 Å². The summed E-state index contributed by atoms with van der Waals surface area (Å²) in [5.41, 5.74) is 0. The van der Waals surface area contributed by atoms with E-state index in [0.29, 0.717) is 0 Å². The van der Waals surface area contributed by atoms with Crippen LogP contribution in [0.1, 0.15) is 0 Å². The van der Waals surface area contributed by atoms with Gasteiger partial charge in [0.05, 0.1) is 26.4 Å².